The van der Waals surface area contributed by atoms with E-state index in [1.165, 1.54) is 12.8 Å². The highest BCUT2D eigenvalue weighted by molar-refractivity contribution is 7.92. The number of pyridine rings is 1. The number of piperidine rings is 1. The Balaban J connectivity index is 1.24. The molecule has 36 heavy (non-hydrogen) atoms. The summed E-state index contributed by atoms with van der Waals surface area (Å²) >= 11 is 0. The number of hydrogen-bond donors (Lipinski definition) is 1. The fourth-order valence-corrected chi connectivity index (χ4v) is 7.48. The number of anilines is 2. The van der Waals surface area contributed by atoms with Crippen LogP contribution < -0.4 is 15.0 Å². The van der Waals surface area contributed by atoms with E-state index in [1.54, 1.807) is 36.4 Å². The maximum Gasteiger partial charge on any atom is 0.259 e. The van der Waals surface area contributed by atoms with E-state index in [0.29, 0.717) is 54.4 Å². The first-order valence-electron chi connectivity index (χ1n) is 13.1. The van der Waals surface area contributed by atoms with Gasteiger partial charge in [-0.1, -0.05) is 18.9 Å². The van der Waals surface area contributed by atoms with Gasteiger partial charge >= 0.3 is 0 Å². The van der Waals surface area contributed by atoms with Crippen molar-refractivity contribution in [1.82, 2.24) is 4.98 Å². The molecule has 6 rings (SSSR count). The summed E-state index contributed by atoms with van der Waals surface area (Å²) in [6.07, 6.45) is 8.10. The molecule has 1 spiro atoms. The number of ether oxygens (including phenoxy) is 2. The van der Waals surface area contributed by atoms with Crippen LogP contribution in [0.25, 0.3) is 0 Å². The number of carbonyl (C=O) groups is 1. The maximum atomic E-state index is 13.4. The van der Waals surface area contributed by atoms with Crippen molar-refractivity contribution in [2.75, 3.05) is 36.5 Å². The van der Waals surface area contributed by atoms with E-state index in [2.05, 4.69) is 10.2 Å². The molecule has 2 aliphatic carbocycles. The Morgan fingerprint density at radius 1 is 1.06 bits per heavy atom. The Bertz CT molecular complexity index is 1240. The first kappa shape index (κ1) is 23.7. The van der Waals surface area contributed by atoms with Crippen LogP contribution in [0.2, 0.25) is 0 Å². The average Bonchev–Trinajstić information content (AvgIpc) is 3.36. The number of carbonyl (C=O) groups excluding carboxylic acids is 1. The summed E-state index contributed by atoms with van der Waals surface area (Å²) in [5.41, 5.74) is 1.43. The van der Waals surface area contributed by atoms with Gasteiger partial charge in [-0.3, -0.25) is 4.79 Å². The highest BCUT2D eigenvalue weighted by Gasteiger charge is 2.45. The van der Waals surface area contributed by atoms with E-state index < -0.39 is 9.84 Å². The molecule has 0 radical (unpaired) electrons. The van der Waals surface area contributed by atoms with Crippen LogP contribution in [0.15, 0.2) is 41.3 Å². The van der Waals surface area contributed by atoms with Gasteiger partial charge in [-0.2, -0.15) is 4.98 Å². The minimum Gasteiger partial charge on any atom is -0.469 e. The van der Waals surface area contributed by atoms with Crippen molar-refractivity contribution in [3.05, 3.63) is 42.0 Å². The number of sulfone groups is 1. The SMILES string of the molecule is O=C(Nc1cccc(S(=O)(=O)C2CCCC2)c1)c1ccc(OC2COC2)nc1N1CCC2(CC1)CC2. The first-order chi connectivity index (χ1) is 17.4. The molecule has 0 unspecified atom stereocenters. The molecule has 8 nitrogen and oxygen atoms in total. The van der Waals surface area contributed by atoms with Crippen molar-refractivity contribution in [3.8, 4) is 5.88 Å². The molecular weight excluding hydrogens is 478 g/mol. The molecule has 4 aliphatic rings. The quantitative estimate of drug-likeness (QED) is 0.595. The summed E-state index contributed by atoms with van der Waals surface area (Å²) in [5.74, 6) is 0.805. The summed E-state index contributed by atoms with van der Waals surface area (Å²) in [5, 5.41) is 2.59. The molecule has 2 saturated carbocycles. The number of hydrogen-bond acceptors (Lipinski definition) is 7. The summed E-state index contributed by atoms with van der Waals surface area (Å²) in [4.78, 5) is 20.6. The monoisotopic (exact) mass is 511 g/mol. The zero-order chi connectivity index (χ0) is 24.8. The molecule has 4 fully saturated rings. The van der Waals surface area contributed by atoms with E-state index in [0.717, 1.165) is 38.8 Å². The third-order valence-corrected chi connectivity index (χ3v) is 10.5. The third-order valence-electron chi connectivity index (χ3n) is 8.23. The molecule has 2 saturated heterocycles. The van der Waals surface area contributed by atoms with E-state index in [1.807, 2.05) is 0 Å². The Morgan fingerprint density at radius 2 is 1.81 bits per heavy atom. The van der Waals surface area contributed by atoms with Gasteiger partial charge in [-0.15, -0.1) is 0 Å². The van der Waals surface area contributed by atoms with Crippen LogP contribution in [0.5, 0.6) is 5.88 Å². The van der Waals surface area contributed by atoms with Crippen molar-refractivity contribution < 1.29 is 22.7 Å². The number of rotatable bonds is 7. The third kappa shape index (κ3) is 4.70. The minimum absolute atomic E-state index is 0.00864. The smallest absolute Gasteiger partial charge is 0.259 e. The van der Waals surface area contributed by atoms with Gasteiger partial charge in [-0.05, 0) is 68.2 Å². The molecule has 1 amide bonds. The molecule has 3 heterocycles. The van der Waals surface area contributed by atoms with Gasteiger partial charge < -0.3 is 19.7 Å². The topological polar surface area (TPSA) is 97.8 Å². The predicted molar refractivity (Wildman–Crippen MR) is 136 cm³/mol. The molecule has 9 heteroatoms. The van der Waals surface area contributed by atoms with Gasteiger partial charge in [-0.25, -0.2) is 8.42 Å². The molecule has 1 aromatic heterocycles. The normalized spacial score (nSPS) is 21.8. The van der Waals surface area contributed by atoms with Crippen LogP contribution in [0.1, 0.15) is 61.7 Å². The largest absolute Gasteiger partial charge is 0.469 e. The van der Waals surface area contributed by atoms with Gasteiger partial charge in [0.15, 0.2) is 9.84 Å². The molecule has 0 atom stereocenters. The van der Waals surface area contributed by atoms with Gasteiger partial charge in [0.2, 0.25) is 5.88 Å². The first-order valence-corrected chi connectivity index (χ1v) is 14.6. The fraction of sp³-hybridized carbons (Fsp3) is 0.556. The average molecular weight is 512 g/mol. The zero-order valence-corrected chi connectivity index (χ0v) is 21.3. The number of nitrogens with zero attached hydrogens (tertiary/aromatic N) is 2. The number of benzene rings is 1. The summed E-state index contributed by atoms with van der Waals surface area (Å²) < 4.78 is 37.3. The maximum absolute atomic E-state index is 13.4. The molecule has 1 aromatic carbocycles. The highest BCUT2D eigenvalue weighted by Crippen LogP contribution is 2.54. The van der Waals surface area contributed by atoms with Crippen molar-refractivity contribution >= 4 is 27.2 Å². The van der Waals surface area contributed by atoms with E-state index in [4.69, 9.17) is 14.5 Å². The second kappa shape index (κ2) is 9.34. The molecular formula is C27H33N3O5S. The lowest BCUT2D eigenvalue weighted by atomic mass is 9.93. The van der Waals surface area contributed by atoms with Crippen molar-refractivity contribution in [2.24, 2.45) is 5.41 Å². The Labute approximate surface area is 212 Å². The Kier molecular flexibility index (Phi) is 6.16. The van der Waals surface area contributed by atoms with Crippen LogP contribution >= 0.6 is 0 Å². The molecule has 0 bridgehead atoms. The van der Waals surface area contributed by atoms with Crippen LogP contribution in [0.4, 0.5) is 11.5 Å². The number of aromatic nitrogens is 1. The highest BCUT2D eigenvalue weighted by atomic mass is 32.2. The lowest BCUT2D eigenvalue weighted by Gasteiger charge is -2.34. The lowest BCUT2D eigenvalue weighted by Crippen LogP contribution is -2.39. The summed E-state index contributed by atoms with van der Waals surface area (Å²) in [7, 11) is -3.40. The van der Waals surface area contributed by atoms with Crippen LogP contribution in [0.3, 0.4) is 0 Å². The second-order valence-electron chi connectivity index (χ2n) is 10.7. The van der Waals surface area contributed by atoms with Gasteiger partial charge in [0.1, 0.15) is 11.9 Å². The van der Waals surface area contributed by atoms with E-state index in [9.17, 15) is 13.2 Å². The Morgan fingerprint density at radius 3 is 2.47 bits per heavy atom. The standard InChI is InChI=1S/C27H33N3O5S/c31-26(28-19-4-3-7-22(16-19)36(32,33)21-5-1-2-6-21)23-8-9-24(35-20-17-34-18-20)29-25(23)30-14-12-27(10-11-27)13-15-30/h3-4,7-9,16,20-21H,1-2,5-6,10-15,17-18H2,(H,28,31). The second-order valence-corrected chi connectivity index (χ2v) is 12.9. The molecule has 1 N–H and O–H groups in total. The minimum atomic E-state index is -3.40. The molecule has 192 valence electrons. The zero-order valence-electron chi connectivity index (χ0n) is 20.4. The summed E-state index contributed by atoms with van der Waals surface area (Å²) in [6.45, 7) is 2.81. The van der Waals surface area contributed by atoms with Crippen molar-refractivity contribution in [3.63, 3.8) is 0 Å². The molecule has 2 aliphatic heterocycles. The number of nitrogens with one attached hydrogen (secondary N) is 1. The fourth-order valence-electron chi connectivity index (χ4n) is 5.58. The van der Waals surface area contributed by atoms with Gasteiger partial charge in [0.25, 0.3) is 5.91 Å². The van der Waals surface area contributed by atoms with E-state index >= 15 is 0 Å². The van der Waals surface area contributed by atoms with E-state index in [-0.39, 0.29) is 22.2 Å². The van der Waals surface area contributed by atoms with Crippen molar-refractivity contribution in [1.29, 1.82) is 0 Å². The van der Waals surface area contributed by atoms with Gasteiger partial charge in [0.05, 0.1) is 28.9 Å². The van der Waals surface area contributed by atoms with Gasteiger partial charge in [0, 0.05) is 24.8 Å². The Hall–Kier alpha value is -2.65. The lowest BCUT2D eigenvalue weighted by molar-refractivity contribution is -0.0813. The summed E-state index contributed by atoms with van der Waals surface area (Å²) in [6, 6.07) is 10.1. The van der Waals surface area contributed by atoms with Crippen LogP contribution in [0, 0.1) is 5.41 Å². The predicted octanol–water partition coefficient (Wildman–Crippen LogP) is 4.21. The van der Waals surface area contributed by atoms with Crippen molar-refractivity contribution in [2.45, 2.75) is 67.6 Å². The van der Waals surface area contributed by atoms with Crippen LogP contribution in [-0.4, -0.2) is 57.0 Å². The molecule has 2 aromatic rings. The van der Waals surface area contributed by atoms with Crippen LogP contribution in [-0.2, 0) is 14.6 Å². The number of amides is 1.